The molecule has 1 aromatic carbocycles. The molecule has 0 aromatic heterocycles. The smallest absolute Gasteiger partial charge is 0.325 e. The molecule has 3 rings (SSSR count). The van der Waals surface area contributed by atoms with Crippen LogP contribution in [0.4, 0.5) is 10.5 Å². The van der Waals surface area contributed by atoms with Crippen LogP contribution in [0.2, 0.25) is 0 Å². The maximum atomic E-state index is 12.9. The van der Waals surface area contributed by atoms with Crippen LogP contribution in [-0.4, -0.2) is 67.2 Å². The zero-order valence-corrected chi connectivity index (χ0v) is 19.5. The van der Waals surface area contributed by atoms with Crippen molar-refractivity contribution in [1.82, 2.24) is 14.5 Å². The van der Waals surface area contributed by atoms with E-state index in [0.717, 1.165) is 17.7 Å². The molecule has 10 nitrogen and oxygen atoms in total. The van der Waals surface area contributed by atoms with E-state index in [1.54, 1.807) is 20.8 Å². The molecule has 1 heterocycles. The van der Waals surface area contributed by atoms with Crippen molar-refractivity contribution in [3.8, 4) is 5.75 Å². The van der Waals surface area contributed by atoms with Crippen molar-refractivity contribution in [2.24, 2.45) is 0 Å². The second-order valence-corrected chi connectivity index (χ2v) is 9.78. The highest BCUT2D eigenvalue weighted by molar-refractivity contribution is 7.89. The number of nitrogens with zero attached hydrogens (tertiary/aromatic N) is 2. The normalized spacial score (nSPS) is 17.8. The average molecular weight is 467 g/mol. The monoisotopic (exact) mass is 466 g/mol. The van der Waals surface area contributed by atoms with Gasteiger partial charge >= 0.3 is 6.03 Å². The fourth-order valence-corrected chi connectivity index (χ4v) is 5.72. The number of anilines is 1. The van der Waals surface area contributed by atoms with Gasteiger partial charge in [-0.3, -0.25) is 14.5 Å². The van der Waals surface area contributed by atoms with E-state index >= 15 is 0 Å². The van der Waals surface area contributed by atoms with Gasteiger partial charge in [0.2, 0.25) is 15.9 Å². The van der Waals surface area contributed by atoms with Crippen molar-refractivity contribution >= 4 is 33.6 Å². The van der Waals surface area contributed by atoms with Crippen molar-refractivity contribution in [2.45, 2.75) is 56.9 Å². The highest BCUT2D eigenvalue weighted by Crippen LogP contribution is 2.35. The summed E-state index contributed by atoms with van der Waals surface area (Å²) >= 11 is 0. The minimum atomic E-state index is -3.75. The van der Waals surface area contributed by atoms with Gasteiger partial charge in [-0.25, -0.2) is 13.2 Å². The van der Waals surface area contributed by atoms with Crippen LogP contribution < -0.4 is 15.4 Å². The fraction of sp³-hybridized carbons (Fsp3) is 0.571. The highest BCUT2D eigenvalue weighted by atomic mass is 32.2. The SMILES string of the molecule is CCOc1ccc(S(=O)(=O)N(CC)CC)cc1NC(=O)CN1C(=O)NC2(CCCC2)C1=O. The van der Waals surface area contributed by atoms with E-state index in [0.29, 0.717) is 38.3 Å². The number of benzene rings is 1. The van der Waals surface area contributed by atoms with Gasteiger partial charge in [0.15, 0.2) is 0 Å². The molecule has 176 valence electrons. The topological polar surface area (TPSA) is 125 Å². The zero-order chi connectivity index (χ0) is 23.5. The molecule has 4 amide bonds. The molecule has 32 heavy (non-hydrogen) atoms. The number of carbonyl (C=O) groups is 3. The van der Waals surface area contributed by atoms with Crippen LogP contribution in [0.15, 0.2) is 23.1 Å². The number of urea groups is 1. The Kier molecular flexibility index (Phi) is 7.09. The first-order chi connectivity index (χ1) is 15.2. The number of imide groups is 1. The average Bonchev–Trinajstić information content (AvgIpc) is 3.30. The molecule has 1 aromatic rings. The Bertz CT molecular complexity index is 1000. The third-order valence-electron chi connectivity index (χ3n) is 5.87. The van der Waals surface area contributed by atoms with Gasteiger partial charge in [-0.1, -0.05) is 26.7 Å². The summed E-state index contributed by atoms with van der Waals surface area (Å²) in [6.45, 7) is 5.70. The maximum absolute atomic E-state index is 12.9. The number of hydrogen-bond donors (Lipinski definition) is 2. The van der Waals surface area contributed by atoms with Gasteiger partial charge < -0.3 is 15.4 Å². The van der Waals surface area contributed by atoms with Crippen molar-refractivity contribution in [3.63, 3.8) is 0 Å². The van der Waals surface area contributed by atoms with E-state index < -0.39 is 40.0 Å². The van der Waals surface area contributed by atoms with Crippen LogP contribution in [0, 0.1) is 0 Å². The van der Waals surface area contributed by atoms with Crippen LogP contribution in [-0.2, 0) is 19.6 Å². The molecule has 11 heteroatoms. The Morgan fingerprint density at radius 2 is 1.84 bits per heavy atom. The lowest BCUT2D eigenvalue weighted by atomic mass is 9.98. The minimum Gasteiger partial charge on any atom is -0.492 e. The van der Waals surface area contributed by atoms with Gasteiger partial charge in [0, 0.05) is 13.1 Å². The molecule has 1 saturated heterocycles. The molecular formula is C21H30N4O6S. The molecule has 1 spiro atoms. The minimum absolute atomic E-state index is 0.0138. The predicted molar refractivity (Wildman–Crippen MR) is 118 cm³/mol. The molecule has 2 N–H and O–H groups in total. The van der Waals surface area contributed by atoms with E-state index in [2.05, 4.69) is 10.6 Å². The van der Waals surface area contributed by atoms with E-state index in [1.165, 1.54) is 22.5 Å². The van der Waals surface area contributed by atoms with Gasteiger partial charge in [0.25, 0.3) is 5.91 Å². The van der Waals surface area contributed by atoms with Crippen molar-refractivity contribution in [2.75, 3.05) is 31.6 Å². The molecule has 2 aliphatic rings. The Balaban J connectivity index is 1.81. The summed E-state index contributed by atoms with van der Waals surface area (Å²) in [5.74, 6) is -0.719. The number of nitrogens with one attached hydrogen (secondary N) is 2. The van der Waals surface area contributed by atoms with Gasteiger partial charge in [-0.05, 0) is 38.0 Å². The first-order valence-electron chi connectivity index (χ1n) is 10.9. The lowest BCUT2D eigenvalue weighted by molar-refractivity contribution is -0.133. The molecule has 0 atom stereocenters. The number of ether oxygens (including phenoxy) is 1. The molecule has 0 bridgehead atoms. The van der Waals surface area contributed by atoms with Crippen molar-refractivity contribution < 1.29 is 27.5 Å². The summed E-state index contributed by atoms with van der Waals surface area (Å²) in [6, 6.07) is 3.66. The van der Waals surface area contributed by atoms with E-state index in [9.17, 15) is 22.8 Å². The Morgan fingerprint density at radius 3 is 2.44 bits per heavy atom. The number of carbonyl (C=O) groups excluding carboxylic acids is 3. The third kappa shape index (κ3) is 4.44. The summed E-state index contributed by atoms with van der Waals surface area (Å²) in [7, 11) is -3.75. The lowest BCUT2D eigenvalue weighted by Gasteiger charge is -2.21. The second-order valence-electron chi connectivity index (χ2n) is 7.84. The number of rotatable bonds is 9. The van der Waals surface area contributed by atoms with Crippen molar-refractivity contribution in [3.05, 3.63) is 18.2 Å². The maximum Gasteiger partial charge on any atom is 0.325 e. The van der Waals surface area contributed by atoms with Gasteiger partial charge in [-0.15, -0.1) is 0 Å². The molecular weight excluding hydrogens is 436 g/mol. The Hall–Kier alpha value is -2.66. The van der Waals surface area contributed by atoms with E-state index in [4.69, 9.17) is 4.74 Å². The van der Waals surface area contributed by atoms with Gasteiger partial charge in [-0.2, -0.15) is 4.31 Å². The number of sulfonamides is 1. The second kappa shape index (κ2) is 9.45. The van der Waals surface area contributed by atoms with Gasteiger partial charge in [0.05, 0.1) is 17.2 Å². The lowest BCUT2D eigenvalue weighted by Crippen LogP contribution is -2.44. The van der Waals surface area contributed by atoms with Crippen LogP contribution in [0.5, 0.6) is 5.75 Å². The largest absolute Gasteiger partial charge is 0.492 e. The van der Waals surface area contributed by atoms with Crippen LogP contribution in [0.3, 0.4) is 0 Å². The van der Waals surface area contributed by atoms with Crippen LogP contribution >= 0.6 is 0 Å². The summed E-state index contributed by atoms with van der Waals surface area (Å²) in [5, 5.41) is 5.34. The van der Waals surface area contributed by atoms with E-state index in [1.807, 2.05) is 0 Å². The van der Waals surface area contributed by atoms with Crippen LogP contribution in [0.25, 0.3) is 0 Å². The third-order valence-corrected chi connectivity index (χ3v) is 7.92. The first-order valence-corrected chi connectivity index (χ1v) is 12.3. The standard InChI is InChI=1S/C21H30N4O6S/c1-4-24(5-2)32(29,30)15-9-10-17(31-6-3)16(13-15)22-18(26)14-25-19(27)21(23-20(25)28)11-7-8-12-21/h9-10,13H,4-8,11-12,14H2,1-3H3,(H,22,26)(H,23,28). The van der Waals surface area contributed by atoms with Gasteiger partial charge in [0.1, 0.15) is 17.8 Å². The van der Waals surface area contributed by atoms with Crippen molar-refractivity contribution in [1.29, 1.82) is 0 Å². The number of hydrogen-bond acceptors (Lipinski definition) is 6. The highest BCUT2D eigenvalue weighted by Gasteiger charge is 2.52. The Morgan fingerprint density at radius 1 is 1.19 bits per heavy atom. The Labute approximate surface area is 188 Å². The quantitative estimate of drug-likeness (QED) is 0.536. The molecule has 1 aliphatic carbocycles. The molecule has 0 radical (unpaired) electrons. The number of amides is 4. The van der Waals surface area contributed by atoms with E-state index in [-0.39, 0.29) is 10.6 Å². The summed E-state index contributed by atoms with van der Waals surface area (Å²) in [4.78, 5) is 38.8. The van der Waals surface area contributed by atoms with Crippen LogP contribution in [0.1, 0.15) is 46.5 Å². The summed E-state index contributed by atoms with van der Waals surface area (Å²) < 4.78 is 32.6. The molecule has 1 aliphatic heterocycles. The fourth-order valence-electron chi connectivity index (χ4n) is 4.23. The predicted octanol–water partition coefficient (Wildman–Crippen LogP) is 1.92. The zero-order valence-electron chi connectivity index (χ0n) is 18.6. The summed E-state index contributed by atoms with van der Waals surface area (Å²) in [5.41, 5.74) is -0.737. The molecule has 1 saturated carbocycles. The molecule has 0 unspecified atom stereocenters. The molecule has 2 fully saturated rings. The summed E-state index contributed by atoms with van der Waals surface area (Å²) in [6.07, 6.45) is 2.82. The first kappa shape index (κ1) is 24.0.